The maximum atomic E-state index is 12.5. The normalized spacial score (nSPS) is 11.0. The van der Waals surface area contributed by atoms with Crippen molar-refractivity contribution in [2.45, 2.75) is 33.7 Å². The number of hydrogen-bond donors (Lipinski definition) is 0. The van der Waals surface area contributed by atoms with Gasteiger partial charge >= 0.3 is 0 Å². The Morgan fingerprint density at radius 3 is 2.52 bits per heavy atom. The van der Waals surface area contributed by atoms with Crippen molar-refractivity contribution in [3.63, 3.8) is 0 Å². The van der Waals surface area contributed by atoms with Crippen molar-refractivity contribution in [3.8, 4) is 11.5 Å². The number of carbonyl (C=O) groups excluding carboxylic acids is 1. The van der Waals surface area contributed by atoms with Crippen LogP contribution in [0.3, 0.4) is 0 Å². The van der Waals surface area contributed by atoms with Crippen LogP contribution in [0.4, 0.5) is 0 Å². The Morgan fingerprint density at radius 1 is 1.19 bits per heavy atom. The Hall–Kier alpha value is -2.54. The summed E-state index contributed by atoms with van der Waals surface area (Å²) >= 11 is 1.65. The van der Waals surface area contributed by atoms with Gasteiger partial charge in [-0.05, 0) is 44.5 Å². The van der Waals surface area contributed by atoms with Crippen molar-refractivity contribution in [2.75, 3.05) is 20.3 Å². The molecule has 0 saturated heterocycles. The van der Waals surface area contributed by atoms with Gasteiger partial charge in [0.2, 0.25) is 0 Å². The van der Waals surface area contributed by atoms with E-state index in [1.807, 2.05) is 31.2 Å². The molecular formula is C20H25N3O3S. The lowest BCUT2D eigenvalue weighted by atomic mass is 10.3. The van der Waals surface area contributed by atoms with E-state index in [2.05, 4.69) is 29.4 Å². The van der Waals surface area contributed by atoms with Crippen LogP contribution < -0.4 is 9.47 Å². The number of aromatic nitrogens is 2. The Labute approximate surface area is 163 Å². The minimum Gasteiger partial charge on any atom is -0.494 e. The second-order valence-electron chi connectivity index (χ2n) is 6.50. The highest BCUT2D eigenvalue weighted by Crippen LogP contribution is 2.22. The van der Waals surface area contributed by atoms with Gasteiger partial charge in [-0.1, -0.05) is 6.92 Å². The molecule has 3 aromatic rings. The van der Waals surface area contributed by atoms with Gasteiger partial charge in [-0.3, -0.25) is 9.20 Å². The van der Waals surface area contributed by atoms with Crippen LogP contribution in [0.1, 0.15) is 29.6 Å². The molecule has 0 aliphatic heterocycles. The van der Waals surface area contributed by atoms with Gasteiger partial charge < -0.3 is 14.4 Å². The number of carbonyl (C=O) groups is 1. The largest absolute Gasteiger partial charge is 0.494 e. The molecule has 7 heteroatoms. The molecule has 0 aliphatic carbocycles. The average molecular weight is 388 g/mol. The molecule has 6 nitrogen and oxygen atoms in total. The molecule has 0 radical (unpaired) electrons. The Morgan fingerprint density at radius 2 is 1.85 bits per heavy atom. The minimum atomic E-state index is -0.0809. The highest BCUT2D eigenvalue weighted by molar-refractivity contribution is 7.17. The first-order valence-electron chi connectivity index (χ1n) is 9.01. The number of imidazole rings is 1. The van der Waals surface area contributed by atoms with Crippen molar-refractivity contribution in [3.05, 3.63) is 46.7 Å². The van der Waals surface area contributed by atoms with Crippen molar-refractivity contribution >= 4 is 22.2 Å². The van der Waals surface area contributed by atoms with Crippen molar-refractivity contribution in [1.82, 2.24) is 14.3 Å². The fourth-order valence-electron chi connectivity index (χ4n) is 2.72. The maximum absolute atomic E-state index is 12.5. The van der Waals surface area contributed by atoms with Gasteiger partial charge in [-0.15, -0.1) is 11.3 Å². The molecule has 0 saturated carbocycles. The zero-order valence-electron chi connectivity index (χ0n) is 16.2. The molecule has 1 aromatic carbocycles. The predicted molar refractivity (Wildman–Crippen MR) is 107 cm³/mol. The van der Waals surface area contributed by atoms with E-state index in [0.717, 1.165) is 28.5 Å². The topological polar surface area (TPSA) is 56.1 Å². The summed E-state index contributed by atoms with van der Waals surface area (Å²) in [6.07, 6.45) is 3.03. The van der Waals surface area contributed by atoms with E-state index in [1.165, 1.54) is 4.88 Å². The number of nitrogens with zero attached hydrogens (tertiary/aromatic N) is 3. The second-order valence-corrected chi connectivity index (χ2v) is 7.71. The monoisotopic (exact) mass is 387 g/mol. The standard InChI is InChI=1S/C20H25N3O3S/c1-5-10-25-16-6-8-17(9-7-16)26-13-19(24)22(4)12-18-15(3)21-20-23(18)11-14(2)27-20/h6-9,11H,5,10,12-13H2,1-4H3. The van der Waals surface area contributed by atoms with Gasteiger partial charge in [0.05, 0.1) is 24.5 Å². The van der Waals surface area contributed by atoms with Crippen LogP contribution >= 0.6 is 11.3 Å². The number of aryl methyl sites for hydroxylation is 2. The average Bonchev–Trinajstić information content (AvgIpc) is 3.14. The van der Waals surface area contributed by atoms with Crippen LogP contribution in [0.2, 0.25) is 0 Å². The summed E-state index contributed by atoms with van der Waals surface area (Å²) in [6, 6.07) is 7.34. The maximum Gasteiger partial charge on any atom is 0.260 e. The van der Waals surface area contributed by atoms with Crippen molar-refractivity contribution < 1.29 is 14.3 Å². The third-order valence-electron chi connectivity index (χ3n) is 4.21. The molecule has 0 N–H and O–H groups in total. The molecule has 2 aromatic heterocycles. The van der Waals surface area contributed by atoms with Crippen LogP contribution in [0, 0.1) is 13.8 Å². The van der Waals surface area contributed by atoms with Gasteiger partial charge in [0, 0.05) is 18.1 Å². The number of likely N-dealkylation sites (N-methyl/N-ethyl adjacent to an activating group) is 1. The summed E-state index contributed by atoms with van der Waals surface area (Å²) < 4.78 is 13.2. The number of hydrogen-bond acceptors (Lipinski definition) is 5. The van der Waals surface area contributed by atoms with Gasteiger partial charge in [-0.25, -0.2) is 4.98 Å². The van der Waals surface area contributed by atoms with E-state index in [4.69, 9.17) is 9.47 Å². The highest BCUT2D eigenvalue weighted by atomic mass is 32.1. The molecule has 27 heavy (non-hydrogen) atoms. The van der Waals surface area contributed by atoms with Crippen LogP contribution in [-0.2, 0) is 11.3 Å². The lowest BCUT2D eigenvalue weighted by Gasteiger charge is -2.17. The summed E-state index contributed by atoms with van der Waals surface area (Å²) in [5, 5.41) is 0. The molecule has 1 amide bonds. The lowest BCUT2D eigenvalue weighted by molar-refractivity contribution is -0.132. The molecule has 0 spiro atoms. The summed E-state index contributed by atoms with van der Waals surface area (Å²) in [7, 11) is 1.78. The molecule has 0 aliphatic rings. The number of amides is 1. The Bertz CT molecular complexity index is 915. The Balaban J connectivity index is 1.56. The Kier molecular flexibility index (Phi) is 6.01. The van der Waals surface area contributed by atoms with Crippen LogP contribution in [0.15, 0.2) is 30.5 Å². The van der Waals surface area contributed by atoms with Gasteiger partial charge in [0.25, 0.3) is 5.91 Å². The number of benzene rings is 1. The predicted octanol–water partition coefficient (Wildman–Crippen LogP) is 3.84. The quantitative estimate of drug-likeness (QED) is 0.589. The number of ether oxygens (including phenoxy) is 2. The number of fused-ring (bicyclic) bond motifs is 1. The third kappa shape index (κ3) is 4.60. The molecule has 2 heterocycles. The minimum absolute atomic E-state index is 0.00464. The van der Waals surface area contributed by atoms with E-state index in [0.29, 0.717) is 18.9 Å². The number of thiazole rings is 1. The molecule has 3 rings (SSSR count). The van der Waals surface area contributed by atoms with Crippen molar-refractivity contribution in [2.24, 2.45) is 0 Å². The van der Waals surface area contributed by atoms with E-state index in [9.17, 15) is 4.79 Å². The first-order chi connectivity index (χ1) is 13.0. The summed E-state index contributed by atoms with van der Waals surface area (Å²) in [4.78, 5) is 20.8. The van der Waals surface area contributed by atoms with Gasteiger partial charge in [0.1, 0.15) is 11.5 Å². The molecule has 0 unspecified atom stereocenters. The van der Waals surface area contributed by atoms with Crippen molar-refractivity contribution in [1.29, 1.82) is 0 Å². The molecule has 0 bridgehead atoms. The molecular weight excluding hydrogens is 362 g/mol. The first kappa shape index (κ1) is 19.2. The van der Waals surface area contributed by atoms with Gasteiger partial charge in [-0.2, -0.15) is 0 Å². The molecule has 0 fully saturated rings. The first-order valence-corrected chi connectivity index (χ1v) is 9.83. The summed E-state index contributed by atoms with van der Waals surface area (Å²) in [5.41, 5.74) is 1.98. The van der Waals surface area contributed by atoms with Crippen LogP contribution in [0.25, 0.3) is 4.96 Å². The summed E-state index contributed by atoms with van der Waals surface area (Å²) in [6.45, 7) is 7.27. The zero-order chi connectivity index (χ0) is 19.4. The zero-order valence-corrected chi connectivity index (χ0v) is 17.0. The fourth-order valence-corrected chi connectivity index (χ4v) is 3.61. The molecule has 144 valence electrons. The fraction of sp³-hybridized carbons (Fsp3) is 0.400. The van der Waals surface area contributed by atoms with E-state index < -0.39 is 0 Å². The third-order valence-corrected chi connectivity index (χ3v) is 5.11. The van der Waals surface area contributed by atoms with E-state index >= 15 is 0 Å². The second kappa shape index (κ2) is 8.43. The van der Waals surface area contributed by atoms with Crippen LogP contribution in [0.5, 0.6) is 11.5 Å². The van der Waals surface area contributed by atoms with Gasteiger partial charge in [0.15, 0.2) is 11.6 Å². The summed E-state index contributed by atoms with van der Waals surface area (Å²) in [5.74, 6) is 1.37. The smallest absolute Gasteiger partial charge is 0.260 e. The lowest BCUT2D eigenvalue weighted by Crippen LogP contribution is -2.31. The highest BCUT2D eigenvalue weighted by Gasteiger charge is 2.16. The number of rotatable bonds is 8. The van der Waals surface area contributed by atoms with E-state index in [-0.39, 0.29) is 12.5 Å². The molecule has 0 atom stereocenters. The van der Waals surface area contributed by atoms with Crippen LogP contribution in [-0.4, -0.2) is 40.5 Å². The van der Waals surface area contributed by atoms with E-state index in [1.54, 1.807) is 23.3 Å². The SMILES string of the molecule is CCCOc1ccc(OCC(=O)N(C)Cc2c(C)nc3sc(C)cn23)cc1.